The van der Waals surface area contributed by atoms with Crippen molar-refractivity contribution in [1.29, 1.82) is 0 Å². The highest BCUT2D eigenvalue weighted by molar-refractivity contribution is 8.29. The first-order valence-corrected chi connectivity index (χ1v) is 14.4. The molecule has 1 aromatic rings. The minimum atomic E-state index is -1.08. The van der Waals surface area contributed by atoms with Crippen LogP contribution < -0.4 is 0 Å². The lowest BCUT2D eigenvalue weighted by atomic mass is 9.80. The molecule has 0 bridgehead atoms. The lowest BCUT2D eigenvalue weighted by Crippen LogP contribution is -2.38. The predicted octanol–water partition coefficient (Wildman–Crippen LogP) is 8.26. The van der Waals surface area contributed by atoms with E-state index in [0.717, 1.165) is 47.7 Å². The Hall–Kier alpha value is -2.13. The molecule has 1 atom stereocenters. The molecule has 2 rings (SSSR count). The SMILES string of the molecule is C#CC1=CCC=C(CC(Cc2ccc(C#C)cc2)C(C)(C)OS(CC)(CC)CC)C=C1.CC. The monoisotopic (exact) mass is 464 g/mol. The van der Waals surface area contributed by atoms with Crippen molar-refractivity contribution in [2.24, 2.45) is 5.92 Å². The van der Waals surface area contributed by atoms with Gasteiger partial charge in [-0.2, -0.15) is 0 Å². The summed E-state index contributed by atoms with van der Waals surface area (Å²) < 4.78 is 7.02. The molecule has 0 spiro atoms. The normalized spacial score (nSPS) is 15.1. The van der Waals surface area contributed by atoms with Crippen LogP contribution in [0.4, 0.5) is 0 Å². The molecule has 0 saturated heterocycles. The van der Waals surface area contributed by atoms with Gasteiger partial charge in [0.2, 0.25) is 0 Å². The van der Waals surface area contributed by atoms with Crippen LogP contribution in [-0.4, -0.2) is 22.9 Å². The number of rotatable bonds is 10. The maximum Gasteiger partial charge on any atom is 0.0786 e. The van der Waals surface area contributed by atoms with Crippen molar-refractivity contribution in [1.82, 2.24) is 0 Å². The van der Waals surface area contributed by atoms with Crippen LogP contribution in [-0.2, 0) is 10.6 Å². The molecule has 1 nitrogen and oxygen atoms in total. The van der Waals surface area contributed by atoms with E-state index in [0.29, 0.717) is 5.92 Å². The molecule has 1 aliphatic rings. The third-order valence-electron chi connectivity index (χ3n) is 6.40. The molecule has 180 valence electrons. The highest BCUT2D eigenvalue weighted by atomic mass is 32.3. The fourth-order valence-corrected chi connectivity index (χ4v) is 6.74. The summed E-state index contributed by atoms with van der Waals surface area (Å²) in [6.45, 7) is 15.4. The van der Waals surface area contributed by atoms with E-state index < -0.39 is 10.3 Å². The van der Waals surface area contributed by atoms with Gasteiger partial charge in [-0.1, -0.05) is 82.4 Å². The lowest BCUT2D eigenvalue weighted by molar-refractivity contribution is 0.0590. The Morgan fingerprint density at radius 3 is 2.03 bits per heavy atom. The minimum absolute atomic E-state index is 0.245. The summed E-state index contributed by atoms with van der Waals surface area (Å²) in [5.74, 6) is 9.11. The molecule has 0 heterocycles. The molecular weight excluding hydrogens is 420 g/mol. The van der Waals surface area contributed by atoms with Crippen molar-refractivity contribution in [2.45, 2.75) is 73.3 Å². The summed E-state index contributed by atoms with van der Waals surface area (Å²) in [5.41, 5.74) is 4.25. The van der Waals surface area contributed by atoms with Gasteiger partial charge in [0, 0.05) is 11.1 Å². The van der Waals surface area contributed by atoms with E-state index in [2.05, 4.69) is 82.9 Å². The highest BCUT2D eigenvalue weighted by Gasteiger charge is 2.36. The van der Waals surface area contributed by atoms with Gasteiger partial charge in [-0.3, -0.25) is 0 Å². The Labute approximate surface area is 206 Å². The summed E-state index contributed by atoms with van der Waals surface area (Å²) in [7, 11) is -1.08. The van der Waals surface area contributed by atoms with Gasteiger partial charge < -0.3 is 4.18 Å². The molecule has 1 unspecified atom stereocenters. The van der Waals surface area contributed by atoms with Gasteiger partial charge in [0.25, 0.3) is 0 Å². The smallest absolute Gasteiger partial charge is 0.0786 e. The Balaban J connectivity index is 0.00000265. The third kappa shape index (κ3) is 8.62. The maximum absolute atomic E-state index is 7.02. The van der Waals surface area contributed by atoms with E-state index in [9.17, 15) is 0 Å². The van der Waals surface area contributed by atoms with Crippen LogP contribution in [0.3, 0.4) is 0 Å². The average molecular weight is 465 g/mol. The molecular formula is C31H44OS. The van der Waals surface area contributed by atoms with Crippen LogP contribution >= 0.6 is 10.3 Å². The van der Waals surface area contributed by atoms with Gasteiger partial charge in [0.1, 0.15) is 0 Å². The maximum atomic E-state index is 7.02. The second kappa shape index (κ2) is 14.2. The molecule has 0 amide bonds. The Morgan fingerprint density at radius 2 is 1.52 bits per heavy atom. The quantitative estimate of drug-likeness (QED) is 0.317. The molecule has 0 N–H and O–H groups in total. The first kappa shape index (κ1) is 28.9. The molecule has 0 saturated carbocycles. The van der Waals surface area contributed by atoms with Gasteiger partial charge in [-0.25, -0.2) is 0 Å². The summed E-state index contributed by atoms with van der Waals surface area (Å²) >= 11 is 0. The predicted molar refractivity (Wildman–Crippen MR) is 151 cm³/mol. The summed E-state index contributed by atoms with van der Waals surface area (Å²) in [6.07, 6.45) is 22.6. The molecule has 2 heteroatoms. The molecule has 33 heavy (non-hydrogen) atoms. The highest BCUT2D eigenvalue weighted by Crippen LogP contribution is 2.53. The fraction of sp³-hybridized carbons (Fsp3) is 0.484. The van der Waals surface area contributed by atoms with Crippen molar-refractivity contribution < 1.29 is 4.18 Å². The van der Waals surface area contributed by atoms with Crippen molar-refractivity contribution in [3.63, 3.8) is 0 Å². The lowest BCUT2D eigenvalue weighted by Gasteiger charge is -2.47. The Kier molecular flexibility index (Phi) is 12.4. The zero-order valence-corrected chi connectivity index (χ0v) is 22.7. The fourth-order valence-electron chi connectivity index (χ4n) is 4.11. The van der Waals surface area contributed by atoms with Crippen LogP contribution in [0.2, 0.25) is 0 Å². The Bertz CT molecular complexity index is 887. The second-order valence-corrected chi connectivity index (χ2v) is 12.4. The van der Waals surface area contributed by atoms with Gasteiger partial charge in [0.15, 0.2) is 0 Å². The minimum Gasteiger partial charge on any atom is -0.330 e. The number of benzene rings is 1. The van der Waals surface area contributed by atoms with Crippen molar-refractivity contribution in [3.8, 4) is 24.7 Å². The second-order valence-electron chi connectivity index (χ2n) is 8.62. The van der Waals surface area contributed by atoms with Gasteiger partial charge in [-0.15, -0.1) is 23.2 Å². The van der Waals surface area contributed by atoms with Gasteiger partial charge in [-0.05, 0) is 80.1 Å². The van der Waals surface area contributed by atoms with E-state index >= 15 is 0 Å². The summed E-state index contributed by atoms with van der Waals surface area (Å²) in [5, 5.41) is 0. The van der Waals surface area contributed by atoms with E-state index in [1.54, 1.807) is 0 Å². The number of allylic oxidation sites excluding steroid dienone is 6. The zero-order valence-electron chi connectivity index (χ0n) is 21.9. The van der Waals surface area contributed by atoms with Crippen LogP contribution in [0.25, 0.3) is 0 Å². The molecule has 1 aromatic carbocycles. The largest absolute Gasteiger partial charge is 0.330 e. The van der Waals surface area contributed by atoms with Crippen LogP contribution in [0.1, 0.15) is 72.4 Å². The van der Waals surface area contributed by atoms with Crippen molar-refractivity contribution in [2.75, 3.05) is 17.3 Å². The molecule has 0 fully saturated rings. The number of terminal acetylenes is 2. The van der Waals surface area contributed by atoms with Crippen LogP contribution in [0.5, 0.6) is 0 Å². The Morgan fingerprint density at radius 1 is 0.909 bits per heavy atom. The number of hydrogen-bond acceptors (Lipinski definition) is 1. The first-order chi connectivity index (χ1) is 15.8. The molecule has 0 radical (unpaired) electrons. The molecule has 1 aliphatic carbocycles. The summed E-state index contributed by atoms with van der Waals surface area (Å²) in [4.78, 5) is 0. The zero-order chi connectivity index (χ0) is 24.9. The van der Waals surface area contributed by atoms with Crippen molar-refractivity contribution in [3.05, 3.63) is 70.8 Å². The third-order valence-corrected chi connectivity index (χ3v) is 10.3. The van der Waals surface area contributed by atoms with E-state index in [1.807, 2.05) is 26.0 Å². The van der Waals surface area contributed by atoms with Crippen molar-refractivity contribution >= 4 is 10.3 Å². The van der Waals surface area contributed by atoms with E-state index in [4.69, 9.17) is 17.0 Å². The van der Waals surface area contributed by atoms with Crippen LogP contribution in [0.15, 0.2) is 59.7 Å². The van der Waals surface area contributed by atoms with Crippen LogP contribution in [0, 0.1) is 30.6 Å². The topological polar surface area (TPSA) is 9.23 Å². The van der Waals surface area contributed by atoms with Gasteiger partial charge in [0.05, 0.1) is 5.60 Å². The van der Waals surface area contributed by atoms with E-state index in [-0.39, 0.29) is 5.60 Å². The number of hydrogen-bond donors (Lipinski definition) is 0. The average Bonchev–Trinajstić information content (AvgIpc) is 3.09. The van der Waals surface area contributed by atoms with Gasteiger partial charge >= 0.3 is 0 Å². The van der Waals surface area contributed by atoms with E-state index in [1.165, 1.54) is 11.1 Å². The summed E-state index contributed by atoms with van der Waals surface area (Å²) in [6, 6.07) is 8.39. The first-order valence-electron chi connectivity index (χ1n) is 12.4. The molecule has 0 aromatic heterocycles. The molecule has 0 aliphatic heterocycles. The standard InChI is InChI=1S/C29H38OS.C2H6/c1-8-24-14-13-15-26(19-16-24)22-28(23-27-20-17-25(9-2)18-21-27)29(6,7)30-31(10-3,11-4)12-5;1-2/h1-2,14-21,28H,10-13,22-23H2,3-7H3;1-2H3.